The number of ether oxygens (including phenoxy) is 2. The highest BCUT2D eigenvalue weighted by Crippen LogP contribution is 2.19. The minimum atomic E-state index is -0.900. The van der Waals surface area contributed by atoms with E-state index < -0.39 is 30.1 Å². The molecule has 8 heteroatoms. The monoisotopic (exact) mass is 465 g/mol. The van der Waals surface area contributed by atoms with Gasteiger partial charge in [-0.3, -0.25) is 4.79 Å². The first kappa shape index (κ1) is 24.8. The van der Waals surface area contributed by atoms with Crippen molar-refractivity contribution in [3.63, 3.8) is 0 Å². The molecule has 1 heterocycles. The number of benzene rings is 2. The fraction of sp³-hybridized carbons (Fsp3) is 0.346. The van der Waals surface area contributed by atoms with Crippen LogP contribution in [0, 0.1) is 0 Å². The van der Waals surface area contributed by atoms with Crippen LogP contribution in [0.2, 0.25) is 0 Å². The molecule has 3 N–H and O–H groups in total. The zero-order valence-corrected chi connectivity index (χ0v) is 19.5. The highest BCUT2D eigenvalue weighted by Gasteiger charge is 2.28. The van der Waals surface area contributed by atoms with Gasteiger partial charge in [0.05, 0.1) is 7.11 Å². The number of unbranched alkanes of at least 4 members (excludes halogenated alkanes) is 1. The number of H-pyrrole nitrogens is 1. The molecular weight excluding hydrogens is 434 g/mol. The van der Waals surface area contributed by atoms with Crippen LogP contribution in [0.15, 0.2) is 60.8 Å². The van der Waals surface area contributed by atoms with Crippen molar-refractivity contribution in [1.29, 1.82) is 0 Å². The van der Waals surface area contributed by atoms with E-state index in [1.165, 1.54) is 7.11 Å². The summed E-state index contributed by atoms with van der Waals surface area (Å²) in [5.74, 6) is -1.01. The van der Waals surface area contributed by atoms with Gasteiger partial charge in [0.15, 0.2) is 0 Å². The lowest BCUT2D eigenvalue weighted by atomic mass is 10.0. The molecule has 180 valence electrons. The molecule has 0 spiro atoms. The Labute approximate surface area is 199 Å². The van der Waals surface area contributed by atoms with Crippen molar-refractivity contribution in [3.8, 4) is 0 Å². The summed E-state index contributed by atoms with van der Waals surface area (Å²) in [7, 11) is 1.28. The average molecular weight is 466 g/mol. The maximum Gasteiger partial charge on any atom is 0.408 e. The van der Waals surface area contributed by atoms with Crippen LogP contribution >= 0.6 is 0 Å². The quantitative estimate of drug-likeness (QED) is 0.373. The second kappa shape index (κ2) is 12.4. The molecule has 0 aliphatic carbocycles. The van der Waals surface area contributed by atoms with E-state index in [9.17, 15) is 14.4 Å². The number of hydrogen-bond donors (Lipinski definition) is 3. The Hall–Kier alpha value is -3.81. The number of carbonyl (C=O) groups is 3. The number of fused-ring (bicyclic) bond motifs is 1. The van der Waals surface area contributed by atoms with Crippen molar-refractivity contribution in [2.45, 2.75) is 51.3 Å². The number of carbonyl (C=O) groups excluding carboxylic acids is 3. The van der Waals surface area contributed by atoms with Crippen molar-refractivity contribution < 1.29 is 23.9 Å². The number of methoxy groups -OCH3 is 1. The van der Waals surface area contributed by atoms with Crippen LogP contribution in [0.4, 0.5) is 4.79 Å². The van der Waals surface area contributed by atoms with E-state index >= 15 is 0 Å². The summed E-state index contributed by atoms with van der Waals surface area (Å²) in [6, 6.07) is 15.3. The van der Waals surface area contributed by atoms with Gasteiger partial charge in [-0.15, -0.1) is 0 Å². The summed E-state index contributed by atoms with van der Waals surface area (Å²) in [6.07, 6.45) is 3.38. The summed E-state index contributed by atoms with van der Waals surface area (Å²) < 4.78 is 10.2. The molecule has 2 aromatic carbocycles. The maximum atomic E-state index is 13.1. The van der Waals surface area contributed by atoms with Crippen molar-refractivity contribution in [3.05, 3.63) is 71.9 Å². The molecule has 8 nitrogen and oxygen atoms in total. The van der Waals surface area contributed by atoms with Crippen LogP contribution < -0.4 is 10.6 Å². The smallest absolute Gasteiger partial charge is 0.408 e. The lowest BCUT2D eigenvalue weighted by Crippen LogP contribution is -2.52. The zero-order chi connectivity index (χ0) is 24.3. The van der Waals surface area contributed by atoms with Crippen LogP contribution in [0.5, 0.6) is 0 Å². The van der Waals surface area contributed by atoms with Gasteiger partial charge < -0.3 is 25.1 Å². The number of esters is 1. The summed E-state index contributed by atoms with van der Waals surface area (Å²) in [5.41, 5.74) is 2.67. The van der Waals surface area contributed by atoms with E-state index in [1.54, 1.807) is 0 Å². The Balaban J connectivity index is 1.66. The van der Waals surface area contributed by atoms with E-state index in [4.69, 9.17) is 9.47 Å². The van der Waals surface area contributed by atoms with E-state index in [1.807, 2.05) is 67.7 Å². The second-order valence-corrected chi connectivity index (χ2v) is 8.05. The van der Waals surface area contributed by atoms with Crippen LogP contribution in [0.1, 0.15) is 37.3 Å². The lowest BCUT2D eigenvalue weighted by Gasteiger charge is -2.22. The van der Waals surface area contributed by atoms with Gasteiger partial charge in [0, 0.05) is 23.5 Å². The number of alkyl carbamates (subject to hydrolysis) is 1. The Morgan fingerprint density at radius 1 is 0.971 bits per heavy atom. The molecule has 0 unspecified atom stereocenters. The molecule has 0 saturated carbocycles. The first-order chi connectivity index (χ1) is 16.5. The van der Waals surface area contributed by atoms with Gasteiger partial charge in [0.25, 0.3) is 0 Å². The predicted octanol–water partition coefficient (Wildman–Crippen LogP) is 3.85. The predicted molar refractivity (Wildman–Crippen MR) is 129 cm³/mol. The number of amides is 2. The van der Waals surface area contributed by atoms with Crippen molar-refractivity contribution in [2.75, 3.05) is 7.11 Å². The second-order valence-electron chi connectivity index (χ2n) is 8.05. The Bertz CT molecular complexity index is 1100. The summed E-state index contributed by atoms with van der Waals surface area (Å²) >= 11 is 0. The number of hydrogen-bond acceptors (Lipinski definition) is 5. The third-order valence-electron chi connectivity index (χ3n) is 5.57. The molecule has 0 bridgehead atoms. The van der Waals surface area contributed by atoms with Crippen molar-refractivity contribution >= 4 is 28.9 Å². The van der Waals surface area contributed by atoms with Gasteiger partial charge in [-0.25, -0.2) is 9.59 Å². The van der Waals surface area contributed by atoms with Gasteiger partial charge >= 0.3 is 12.1 Å². The maximum absolute atomic E-state index is 13.1. The molecule has 2 amide bonds. The lowest BCUT2D eigenvalue weighted by molar-refractivity contribution is -0.145. The number of aromatic nitrogens is 1. The molecule has 3 rings (SSSR count). The average Bonchev–Trinajstić information content (AvgIpc) is 3.27. The van der Waals surface area contributed by atoms with E-state index in [2.05, 4.69) is 15.6 Å². The molecule has 0 radical (unpaired) electrons. The minimum absolute atomic E-state index is 0.0974. The number of rotatable bonds is 11. The van der Waals surface area contributed by atoms with Crippen LogP contribution in [-0.4, -0.2) is 42.1 Å². The molecule has 2 atom stereocenters. The van der Waals surface area contributed by atoms with E-state index in [-0.39, 0.29) is 13.0 Å². The number of nitrogens with one attached hydrogen (secondary N) is 3. The van der Waals surface area contributed by atoms with Gasteiger partial charge in [0.2, 0.25) is 5.91 Å². The molecular formula is C26H31N3O5. The largest absolute Gasteiger partial charge is 0.467 e. The standard InChI is InChI=1S/C26H31N3O5/c1-3-4-13-22(29-26(32)34-17-18-10-6-5-7-11-18)24(30)28-23(25(31)33-2)15-19-16-27-21-14-9-8-12-20(19)21/h5-12,14,16,22-23,27H,3-4,13,15,17H2,1-2H3,(H,28,30)(H,29,32)/t22-,23+/m0/s1. The minimum Gasteiger partial charge on any atom is -0.467 e. The van der Waals surface area contributed by atoms with Gasteiger partial charge in [-0.1, -0.05) is 68.3 Å². The summed E-state index contributed by atoms with van der Waals surface area (Å²) in [6.45, 7) is 2.09. The SMILES string of the molecule is CCCC[C@H](NC(=O)OCc1ccccc1)C(=O)N[C@H](Cc1c[nH]c2ccccc12)C(=O)OC. The normalized spacial score (nSPS) is 12.5. The summed E-state index contributed by atoms with van der Waals surface area (Å²) in [4.78, 5) is 41.1. The fourth-order valence-corrected chi connectivity index (χ4v) is 3.71. The highest BCUT2D eigenvalue weighted by molar-refractivity contribution is 5.90. The van der Waals surface area contributed by atoms with Gasteiger partial charge in [0.1, 0.15) is 18.7 Å². The Kier molecular flexibility index (Phi) is 9.08. The molecule has 0 fully saturated rings. The third-order valence-corrected chi connectivity index (χ3v) is 5.57. The summed E-state index contributed by atoms with van der Waals surface area (Å²) in [5, 5.41) is 6.37. The molecule has 0 aliphatic heterocycles. The first-order valence-electron chi connectivity index (χ1n) is 11.4. The zero-order valence-electron chi connectivity index (χ0n) is 19.5. The van der Waals surface area contributed by atoms with Gasteiger partial charge in [-0.05, 0) is 23.6 Å². The molecule has 0 aliphatic rings. The van der Waals surface area contributed by atoms with Gasteiger partial charge in [-0.2, -0.15) is 0 Å². The van der Waals surface area contributed by atoms with Crippen molar-refractivity contribution in [1.82, 2.24) is 15.6 Å². The fourth-order valence-electron chi connectivity index (χ4n) is 3.71. The van der Waals surface area contributed by atoms with Crippen LogP contribution in [0.3, 0.4) is 0 Å². The number of aromatic amines is 1. The van der Waals surface area contributed by atoms with Crippen LogP contribution in [0.25, 0.3) is 10.9 Å². The highest BCUT2D eigenvalue weighted by atomic mass is 16.5. The molecule has 3 aromatic rings. The third kappa shape index (κ3) is 6.84. The molecule has 34 heavy (non-hydrogen) atoms. The number of para-hydroxylation sites is 1. The van der Waals surface area contributed by atoms with Crippen LogP contribution in [-0.2, 0) is 32.1 Å². The molecule has 1 aromatic heterocycles. The Morgan fingerprint density at radius 3 is 2.44 bits per heavy atom. The first-order valence-corrected chi connectivity index (χ1v) is 11.4. The molecule has 0 saturated heterocycles. The van der Waals surface area contributed by atoms with E-state index in [0.29, 0.717) is 6.42 Å². The Morgan fingerprint density at radius 2 is 1.71 bits per heavy atom. The van der Waals surface area contributed by atoms with Crippen molar-refractivity contribution in [2.24, 2.45) is 0 Å². The topological polar surface area (TPSA) is 110 Å². The van der Waals surface area contributed by atoms with E-state index in [0.717, 1.165) is 34.9 Å².